The van der Waals surface area contributed by atoms with Gasteiger partial charge in [-0.1, -0.05) is 103 Å². The van der Waals surface area contributed by atoms with Crippen LogP contribution >= 0.6 is 0 Å². The second kappa shape index (κ2) is 14.7. The lowest BCUT2D eigenvalue weighted by molar-refractivity contribution is 0.535. The standard InChI is InChI=1S/C25H43NO/c1-5-7-8-9-10-11-12-13-14-15-16-17-18-19-20-24-22(4)26-21(3)23(6-2)25(24)27/h6H,2,5,7-20H2,1,3-4H3,(H,26,27). The van der Waals surface area contributed by atoms with Gasteiger partial charge in [-0.25, -0.2) is 0 Å². The summed E-state index contributed by atoms with van der Waals surface area (Å²) in [7, 11) is 0. The zero-order valence-corrected chi connectivity index (χ0v) is 18.3. The first kappa shape index (κ1) is 23.7. The monoisotopic (exact) mass is 373 g/mol. The third kappa shape index (κ3) is 9.44. The third-order valence-corrected chi connectivity index (χ3v) is 5.73. The Morgan fingerprint density at radius 1 is 0.741 bits per heavy atom. The fourth-order valence-corrected chi connectivity index (χ4v) is 3.97. The fourth-order valence-electron chi connectivity index (χ4n) is 3.97. The average molecular weight is 374 g/mol. The number of pyridine rings is 1. The molecule has 0 unspecified atom stereocenters. The number of aromatic nitrogens is 1. The van der Waals surface area contributed by atoms with Crippen molar-refractivity contribution in [1.29, 1.82) is 0 Å². The van der Waals surface area contributed by atoms with Gasteiger partial charge in [-0.3, -0.25) is 4.79 Å². The van der Waals surface area contributed by atoms with Crippen LogP contribution in [-0.2, 0) is 6.42 Å². The van der Waals surface area contributed by atoms with Gasteiger partial charge in [0.05, 0.1) is 0 Å². The highest BCUT2D eigenvalue weighted by Gasteiger charge is 2.10. The van der Waals surface area contributed by atoms with Gasteiger partial charge < -0.3 is 4.98 Å². The summed E-state index contributed by atoms with van der Waals surface area (Å²) in [4.78, 5) is 15.8. The molecule has 1 aromatic heterocycles. The minimum Gasteiger partial charge on any atom is -0.362 e. The Hall–Kier alpha value is -1.31. The highest BCUT2D eigenvalue weighted by molar-refractivity contribution is 5.51. The lowest BCUT2D eigenvalue weighted by Crippen LogP contribution is -2.17. The highest BCUT2D eigenvalue weighted by Crippen LogP contribution is 2.15. The van der Waals surface area contributed by atoms with Crippen molar-refractivity contribution in [1.82, 2.24) is 4.98 Å². The summed E-state index contributed by atoms with van der Waals surface area (Å²) < 4.78 is 0. The van der Waals surface area contributed by atoms with E-state index in [1.807, 2.05) is 13.8 Å². The second-order valence-corrected chi connectivity index (χ2v) is 8.15. The van der Waals surface area contributed by atoms with Crippen molar-refractivity contribution in [3.8, 4) is 0 Å². The Bertz CT molecular complexity index is 585. The second-order valence-electron chi connectivity index (χ2n) is 8.15. The normalized spacial score (nSPS) is 11.1. The van der Waals surface area contributed by atoms with Crippen LogP contribution in [-0.4, -0.2) is 4.98 Å². The number of nitrogens with one attached hydrogen (secondary N) is 1. The largest absolute Gasteiger partial charge is 0.362 e. The van der Waals surface area contributed by atoms with Crippen molar-refractivity contribution in [2.24, 2.45) is 0 Å². The summed E-state index contributed by atoms with van der Waals surface area (Å²) in [6.45, 7) is 10.0. The number of hydrogen-bond acceptors (Lipinski definition) is 1. The Kier molecular flexibility index (Phi) is 12.9. The van der Waals surface area contributed by atoms with E-state index in [-0.39, 0.29) is 5.43 Å². The summed E-state index contributed by atoms with van der Waals surface area (Å²) in [5.41, 5.74) is 3.82. The molecule has 0 bridgehead atoms. The SMILES string of the molecule is C=Cc1c(C)[nH]c(C)c(CCCCCCCCCCCCCCCC)c1=O. The van der Waals surface area contributed by atoms with E-state index in [1.54, 1.807) is 6.08 Å². The number of H-pyrrole nitrogens is 1. The molecular formula is C25H43NO. The van der Waals surface area contributed by atoms with Gasteiger partial charge in [-0.05, 0) is 26.7 Å². The Morgan fingerprint density at radius 2 is 1.19 bits per heavy atom. The maximum absolute atomic E-state index is 12.5. The van der Waals surface area contributed by atoms with Crippen LogP contribution in [0.15, 0.2) is 11.4 Å². The molecule has 2 heteroatoms. The fraction of sp³-hybridized carbons (Fsp3) is 0.720. The lowest BCUT2D eigenvalue weighted by atomic mass is 10.00. The van der Waals surface area contributed by atoms with Crippen LogP contribution in [0.1, 0.15) is 119 Å². The summed E-state index contributed by atoms with van der Waals surface area (Å²) in [5.74, 6) is 0. The van der Waals surface area contributed by atoms with Crippen LogP contribution in [0.25, 0.3) is 6.08 Å². The van der Waals surface area contributed by atoms with Crippen molar-refractivity contribution in [2.45, 2.75) is 117 Å². The van der Waals surface area contributed by atoms with Crippen LogP contribution in [0, 0.1) is 13.8 Å². The molecule has 0 spiro atoms. The maximum Gasteiger partial charge on any atom is 0.192 e. The maximum atomic E-state index is 12.5. The summed E-state index contributed by atoms with van der Waals surface area (Å²) in [5, 5.41) is 0. The van der Waals surface area contributed by atoms with Gasteiger partial charge in [0.15, 0.2) is 5.43 Å². The summed E-state index contributed by atoms with van der Waals surface area (Å²) >= 11 is 0. The molecule has 0 aliphatic heterocycles. The predicted octanol–water partition coefficient (Wildman–Crippen LogP) is 7.66. The molecule has 0 saturated heterocycles. The molecule has 0 amide bonds. The highest BCUT2D eigenvalue weighted by atomic mass is 16.1. The zero-order valence-electron chi connectivity index (χ0n) is 18.3. The number of aromatic amines is 1. The van der Waals surface area contributed by atoms with E-state index < -0.39 is 0 Å². The van der Waals surface area contributed by atoms with E-state index in [1.165, 1.54) is 83.5 Å². The third-order valence-electron chi connectivity index (χ3n) is 5.73. The topological polar surface area (TPSA) is 32.9 Å². The number of unbranched alkanes of at least 4 members (excludes halogenated alkanes) is 13. The molecule has 1 N–H and O–H groups in total. The van der Waals surface area contributed by atoms with Crippen molar-refractivity contribution >= 4 is 6.08 Å². The van der Waals surface area contributed by atoms with Crippen LogP contribution in [0.5, 0.6) is 0 Å². The molecule has 0 fully saturated rings. The van der Waals surface area contributed by atoms with Gasteiger partial charge in [-0.15, -0.1) is 0 Å². The Labute approximate surface area is 167 Å². The van der Waals surface area contributed by atoms with Crippen molar-refractivity contribution in [3.63, 3.8) is 0 Å². The van der Waals surface area contributed by atoms with Gasteiger partial charge in [-0.2, -0.15) is 0 Å². The molecule has 27 heavy (non-hydrogen) atoms. The smallest absolute Gasteiger partial charge is 0.192 e. The van der Waals surface area contributed by atoms with Crippen molar-refractivity contribution in [3.05, 3.63) is 39.3 Å². The van der Waals surface area contributed by atoms with E-state index in [4.69, 9.17) is 0 Å². The van der Waals surface area contributed by atoms with Gasteiger partial charge in [0.1, 0.15) is 0 Å². The zero-order chi connectivity index (χ0) is 19.9. The first-order chi connectivity index (χ1) is 13.1. The molecule has 0 aliphatic carbocycles. The molecule has 1 rings (SSSR count). The molecule has 0 atom stereocenters. The van der Waals surface area contributed by atoms with Gasteiger partial charge in [0, 0.05) is 22.5 Å². The van der Waals surface area contributed by atoms with E-state index in [9.17, 15) is 4.79 Å². The molecule has 0 radical (unpaired) electrons. The molecule has 154 valence electrons. The summed E-state index contributed by atoms with van der Waals surface area (Å²) in [6, 6.07) is 0. The number of rotatable bonds is 16. The molecule has 1 heterocycles. The van der Waals surface area contributed by atoms with E-state index in [0.29, 0.717) is 0 Å². The summed E-state index contributed by atoms with van der Waals surface area (Å²) in [6.07, 6.45) is 21.7. The average Bonchev–Trinajstić information content (AvgIpc) is 2.64. The van der Waals surface area contributed by atoms with E-state index >= 15 is 0 Å². The van der Waals surface area contributed by atoms with Crippen LogP contribution < -0.4 is 5.43 Å². The molecule has 0 aliphatic rings. The van der Waals surface area contributed by atoms with Gasteiger partial charge >= 0.3 is 0 Å². The molecule has 0 saturated carbocycles. The Morgan fingerprint density at radius 3 is 1.63 bits per heavy atom. The first-order valence-corrected chi connectivity index (χ1v) is 11.5. The van der Waals surface area contributed by atoms with Crippen LogP contribution in [0.4, 0.5) is 0 Å². The minimum absolute atomic E-state index is 0.174. The molecule has 0 aromatic carbocycles. The van der Waals surface area contributed by atoms with Crippen molar-refractivity contribution < 1.29 is 0 Å². The van der Waals surface area contributed by atoms with Crippen LogP contribution in [0.3, 0.4) is 0 Å². The van der Waals surface area contributed by atoms with Crippen LogP contribution in [0.2, 0.25) is 0 Å². The van der Waals surface area contributed by atoms with E-state index in [0.717, 1.165) is 35.4 Å². The predicted molar refractivity (Wildman–Crippen MR) is 121 cm³/mol. The van der Waals surface area contributed by atoms with Crippen molar-refractivity contribution in [2.75, 3.05) is 0 Å². The minimum atomic E-state index is 0.174. The number of aryl methyl sites for hydroxylation is 2. The van der Waals surface area contributed by atoms with Gasteiger partial charge in [0.2, 0.25) is 0 Å². The van der Waals surface area contributed by atoms with Gasteiger partial charge in [0.25, 0.3) is 0 Å². The quantitative estimate of drug-likeness (QED) is 0.296. The molecular weight excluding hydrogens is 330 g/mol. The Balaban J connectivity index is 2.05. The molecule has 2 nitrogen and oxygen atoms in total. The number of hydrogen-bond donors (Lipinski definition) is 1. The lowest BCUT2D eigenvalue weighted by Gasteiger charge is -2.09. The van der Waals surface area contributed by atoms with E-state index in [2.05, 4.69) is 18.5 Å². The first-order valence-electron chi connectivity index (χ1n) is 11.5. The molecule has 1 aromatic rings.